The smallest absolute Gasteiger partial charge is 0.262 e. The molecule has 8 nitrogen and oxygen atoms in total. The average Bonchev–Trinajstić information content (AvgIpc) is 3.46. The molecule has 0 saturated heterocycles. The molecule has 10 heteroatoms. The Morgan fingerprint density at radius 2 is 1.79 bits per heavy atom. The van der Waals surface area contributed by atoms with Gasteiger partial charge in [-0.1, -0.05) is 42.1 Å². The molecule has 0 spiro atoms. The average molecular weight is 495 g/mol. The number of carbonyl (C=O) groups is 1. The third-order valence-corrected chi connectivity index (χ3v) is 7.22. The molecule has 5 rings (SSSR count). The summed E-state index contributed by atoms with van der Waals surface area (Å²) in [7, 11) is -2.42. The Morgan fingerprint density at radius 3 is 2.62 bits per heavy atom. The van der Waals surface area contributed by atoms with Crippen LogP contribution in [0.4, 0.5) is 5.69 Å². The second-order valence-corrected chi connectivity index (χ2v) is 9.88. The summed E-state index contributed by atoms with van der Waals surface area (Å²) in [4.78, 5) is 16.9. The number of furan rings is 1. The molecule has 0 aliphatic rings. The van der Waals surface area contributed by atoms with Gasteiger partial charge in [0.1, 0.15) is 16.8 Å². The Hall–Kier alpha value is -3.76. The van der Waals surface area contributed by atoms with E-state index < -0.39 is 10.0 Å². The molecule has 0 aliphatic heterocycles. The minimum absolute atomic E-state index is 0.0223. The van der Waals surface area contributed by atoms with Crippen molar-refractivity contribution in [3.8, 4) is 5.75 Å². The van der Waals surface area contributed by atoms with Crippen LogP contribution in [0, 0.1) is 0 Å². The highest BCUT2D eigenvalue weighted by atomic mass is 32.2. The molecular weight excluding hydrogens is 476 g/mol. The van der Waals surface area contributed by atoms with Gasteiger partial charge < -0.3 is 13.6 Å². The van der Waals surface area contributed by atoms with Crippen LogP contribution >= 0.6 is 11.8 Å². The Morgan fingerprint density at radius 1 is 1.00 bits per heavy atom. The maximum atomic E-state index is 12.9. The topological polar surface area (TPSA) is 112 Å². The van der Waals surface area contributed by atoms with E-state index in [2.05, 4.69) is 9.71 Å². The van der Waals surface area contributed by atoms with Gasteiger partial charge in [0.25, 0.3) is 15.2 Å². The van der Waals surface area contributed by atoms with Crippen LogP contribution in [-0.2, 0) is 10.0 Å². The standard InChI is InChI=1S/C24H18N2O6S2/c1-30-21-9-5-3-7-17(21)26-34(28,29)16-10-11-22-18(13-16)25-24(32-22)33-14-19(27)23-12-15-6-2-4-8-20(15)31-23/h2-13,26H,14H2,1H3. The minimum atomic E-state index is -3.89. The molecule has 0 fully saturated rings. The number of nitrogens with one attached hydrogen (secondary N) is 1. The highest BCUT2D eigenvalue weighted by Gasteiger charge is 2.19. The van der Waals surface area contributed by atoms with Gasteiger partial charge in [0.2, 0.25) is 5.78 Å². The number of anilines is 1. The summed E-state index contributed by atoms with van der Waals surface area (Å²) >= 11 is 1.11. The summed E-state index contributed by atoms with van der Waals surface area (Å²) < 4.78 is 44.8. The molecule has 34 heavy (non-hydrogen) atoms. The van der Waals surface area contributed by atoms with Crippen LogP contribution < -0.4 is 9.46 Å². The number of Topliss-reactive ketones (excluding diaryl/α,β-unsaturated/α-hetero) is 1. The number of fused-ring (bicyclic) bond motifs is 2. The number of aromatic nitrogens is 1. The zero-order chi connectivity index (χ0) is 23.7. The Kier molecular flexibility index (Phi) is 5.76. The van der Waals surface area contributed by atoms with Gasteiger partial charge >= 0.3 is 0 Å². The van der Waals surface area contributed by atoms with Crippen molar-refractivity contribution < 1.29 is 26.8 Å². The summed E-state index contributed by atoms with van der Waals surface area (Å²) in [5, 5.41) is 1.11. The largest absolute Gasteiger partial charge is 0.495 e. The van der Waals surface area contributed by atoms with Gasteiger partial charge in [0, 0.05) is 5.39 Å². The monoisotopic (exact) mass is 494 g/mol. The zero-order valence-electron chi connectivity index (χ0n) is 17.8. The zero-order valence-corrected chi connectivity index (χ0v) is 19.5. The van der Waals surface area contributed by atoms with Gasteiger partial charge in [0.15, 0.2) is 11.3 Å². The van der Waals surface area contributed by atoms with Crippen LogP contribution in [0.25, 0.3) is 22.1 Å². The lowest BCUT2D eigenvalue weighted by Crippen LogP contribution is -2.13. The molecule has 0 atom stereocenters. The van der Waals surface area contributed by atoms with Gasteiger partial charge in [-0.25, -0.2) is 13.4 Å². The fourth-order valence-corrected chi connectivity index (χ4v) is 5.16. The third kappa shape index (κ3) is 4.37. The number of carbonyl (C=O) groups excluding carboxylic acids is 1. The van der Waals surface area contributed by atoms with Crippen LogP contribution in [0.15, 0.2) is 91.7 Å². The van der Waals surface area contributed by atoms with Crippen LogP contribution in [0.5, 0.6) is 5.75 Å². The minimum Gasteiger partial charge on any atom is -0.495 e. The van der Waals surface area contributed by atoms with Gasteiger partial charge in [-0.2, -0.15) is 0 Å². The van der Waals surface area contributed by atoms with E-state index in [1.807, 2.05) is 18.2 Å². The molecule has 0 bridgehead atoms. The van der Waals surface area contributed by atoms with Crippen molar-refractivity contribution >= 4 is 55.3 Å². The molecule has 1 N–H and O–H groups in total. The molecule has 172 valence electrons. The van der Waals surface area contributed by atoms with Crippen molar-refractivity contribution in [3.05, 3.63) is 78.6 Å². The van der Waals surface area contributed by atoms with E-state index in [4.69, 9.17) is 13.6 Å². The molecule has 0 aliphatic carbocycles. The maximum Gasteiger partial charge on any atom is 0.262 e. The van der Waals surface area contributed by atoms with Gasteiger partial charge in [-0.05, 0) is 42.5 Å². The molecule has 3 aromatic carbocycles. The lowest BCUT2D eigenvalue weighted by atomic mass is 10.2. The molecule has 0 amide bonds. The van der Waals surface area contributed by atoms with E-state index in [0.29, 0.717) is 28.1 Å². The van der Waals surface area contributed by atoms with E-state index in [-0.39, 0.29) is 27.4 Å². The van der Waals surface area contributed by atoms with Crippen molar-refractivity contribution in [2.24, 2.45) is 0 Å². The fourth-order valence-electron chi connectivity index (χ4n) is 3.37. The summed E-state index contributed by atoms with van der Waals surface area (Å²) in [6, 6.07) is 20.2. The molecule has 0 saturated carbocycles. The number of rotatable bonds is 8. The molecular formula is C24H18N2O6S2. The summed E-state index contributed by atoms with van der Waals surface area (Å²) in [5.41, 5.74) is 1.75. The second-order valence-electron chi connectivity index (χ2n) is 7.28. The van der Waals surface area contributed by atoms with Crippen LogP contribution in [0.2, 0.25) is 0 Å². The van der Waals surface area contributed by atoms with Gasteiger partial charge in [-0.3, -0.25) is 9.52 Å². The summed E-state index contributed by atoms with van der Waals surface area (Å²) in [6.45, 7) is 0. The predicted molar refractivity (Wildman–Crippen MR) is 129 cm³/mol. The normalized spacial score (nSPS) is 11.7. The number of sulfonamides is 1. The number of ketones is 1. The molecule has 2 heterocycles. The van der Waals surface area contributed by atoms with Gasteiger partial charge in [-0.15, -0.1) is 0 Å². The van der Waals surface area contributed by atoms with Gasteiger partial charge in [0.05, 0.1) is 23.4 Å². The molecule has 0 unspecified atom stereocenters. The van der Waals surface area contributed by atoms with Crippen molar-refractivity contribution in [1.29, 1.82) is 0 Å². The van der Waals surface area contributed by atoms with E-state index in [1.165, 1.54) is 25.3 Å². The number of benzene rings is 3. The van der Waals surface area contributed by atoms with Crippen molar-refractivity contribution in [1.82, 2.24) is 4.98 Å². The predicted octanol–water partition coefficient (Wildman–Crippen LogP) is 5.36. The van der Waals surface area contributed by atoms with Crippen LogP contribution in [0.3, 0.4) is 0 Å². The number of methoxy groups -OCH3 is 1. The first-order valence-electron chi connectivity index (χ1n) is 10.1. The molecule has 0 radical (unpaired) electrons. The van der Waals surface area contributed by atoms with Crippen molar-refractivity contribution in [3.63, 3.8) is 0 Å². The Labute approximate surface area is 199 Å². The number of thioether (sulfide) groups is 1. The lowest BCUT2D eigenvalue weighted by Gasteiger charge is -2.11. The summed E-state index contributed by atoms with van der Waals surface area (Å²) in [6.07, 6.45) is 0. The first-order chi connectivity index (χ1) is 16.4. The highest BCUT2D eigenvalue weighted by Crippen LogP contribution is 2.29. The quantitative estimate of drug-likeness (QED) is 0.227. The van der Waals surface area contributed by atoms with Crippen molar-refractivity contribution in [2.75, 3.05) is 17.6 Å². The number of nitrogens with zero attached hydrogens (tertiary/aromatic N) is 1. The highest BCUT2D eigenvalue weighted by molar-refractivity contribution is 7.99. The van der Waals surface area contributed by atoms with E-state index in [0.717, 1.165) is 17.1 Å². The van der Waals surface area contributed by atoms with Crippen LogP contribution in [-0.4, -0.2) is 32.0 Å². The maximum absolute atomic E-state index is 12.9. The Bertz CT molecular complexity index is 1590. The first-order valence-corrected chi connectivity index (χ1v) is 12.6. The SMILES string of the molecule is COc1ccccc1NS(=O)(=O)c1ccc2oc(SCC(=O)c3cc4ccccc4o3)nc2c1. The third-order valence-electron chi connectivity index (χ3n) is 5.03. The lowest BCUT2D eigenvalue weighted by molar-refractivity contribution is 0.0994. The van der Waals surface area contributed by atoms with E-state index in [9.17, 15) is 13.2 Å². The van der Waals surface area contributed by atoms with E-state index in [1.54, 1.807) is 36.4 Å². The molecule has 2 aromatic heterocycles. The Balaban J connectivity index is 1.32. The number of oxazole rings is 1. The number of hydrogen-bond donors (Lipinski definition) is 1. The number of hydrogen-bond acceptors (Lipinski definition) is 8. The summed E-state index contributed by atoms with van der Waals surface area (Å²) in [5.74, 6) is 0.530. The molecule has 5 aromatic rings. The fraction of sp³-hybridized carbons (Fsp3) is 0.0833. The number of para-hydroxylation sites is 3. The number of ether oxygens (including phenoxy) is 1. The van der Waals surface area contributed by atoms with E-state index >= 15 is 0 Å². The van der Waals surface area contributed by atoms with Crippen LogP contribution in [0.1, 0.15) is 10.6 Å². The second kappa shape index (κ2) is 8.88. The first kappa shape index (κ1) is 22.1. The van der Waals surface area contributed by atoms with Crippen molar-refractivity contribution in [2.45, 2.75) is 10.1 Å².